The van der Waals surface area contributed by atoms with Crippen molar-refractivity contribution in [3.05, 3.63) is 5.56 Å². The molecule has 6 heteroatoms. The van der Waals surface area contributed by atoms with Crippen LogP contribution in [0.15, 0.2) is 4.99 Å². The van der Waals surface area contributed by atoms with Crippen molar-refractivity contribution in [1.82, 2.24) is 9.97 Å². The predicted molar refractivity (Wildman–Crippen MR) is 71.4 cm³/mol. The van der Waals surface area contributed by atoms with Crippen molar-refractivity contribution in [2.75, 3.05) is 11.1 Å². The molecule has 1 heterocycles. The molecule has 0 spiro atoms. The number of anilines is 2. The fourth-order valence-electron chi connectivity index (χ4n) is 1.24. The Kier molecular flexibility index (Phi) is 4.25. The summed E-state index contributed by atoms with van der Waals surface area (Å²) in [7, 11) is 0. The van der Waals surface area contributed by atoms with E-state index in [0.717, 1.165) is 5.56 Å². The van der Waals surface area contributed by atoms with Crippen molar-refractivity contribution in [2.45, 2.75) is 33.7 Å². The van der Waals surface area contributed by atoms with Crippen LogP contribution in [0.4, 0.5) is 17.6 Å². The summed E-state index contributed by atoms with van der Waals surface area (Å²) in [4.78, 5) is 12.2. The largest absolute Gasteiger partial charge is 0.390 e. The first kappa shape index (κ1) is 13.2. The van der Waals surface area contributed by atoms with Crippen molar-refractivity contribution < 1.29 is 0 Å². The molecule has 0 saturated heterocycles. The molecule has 0 aliphatic carbocycles. The van der Waals surface area contributed by atoms with E-state index in [0.29, 0.717) is 17.6 Å². The van der Waals surface area contributed by atoms with E-state index in [-0.39, 0.29) is 12.0 Å². The number of hydrogen-bond acceptors (Lipinski definition) is 5. The van der Waals surface area contributed by atoms with Gasteiger partial charge in [-0.1, -0.05) is 13.8 Å². The molecule has 0 unspecified atom stereocenters. The van der Waals surface area contributed by atoms with Crippen LogP contribution in [0.25, 0.3) is 0 Å². The van der Waals surface area contributed by atoms with E-state index >= 15 is 0 Å². The van der Waals surface area contributed by atoms with E-state index in [1.54, 1.807) is 0 Å². The zero-order valence-electron chi connectivity index (χ0n) is 10.7. The SMILES string of the molecule is Cc1c(N=CN)nc(N)nc1N[C@H](C)C(C)C. The number of nitrogens with one attached hydrogen (secondary N) is 1. The normalized spacial score (nSPS) is 13.2. The number of rotatable bonds is 4. The van der Waals surface area contributed by atoms with E-state index in [4.69, 9.17) is 11.5 Å². The highest BCUT2D eigenvalue weighted by molar-refractivity contribution is 5.64. The van der Waals surface area contributed by atoms with Gasteiger partial charge < -0.3 is 16.8 Å². The van der Waals surface area contributed by atoms with Crippen LogP contribution in [-0.4, -0.2) is 22.3 Å². The Morgan fingerprint density at radius 3 is 2.47 bits per heavy atom. The Morgan fingerprint density at radius 1 is 1.29 bits per heavy atom. The van der Waals surface area contributed by atoms with Crippen molar-refractivity contribution in [2.24, 2.45) is 16.6 Å². The maximum atomic E-state index is 5.63. The minimum atomic E-state index is 0.189. The van der Waals surface area contributed by atoms with Gasteiger partial charge in [0.05, 0.1) is 6.34 Å². The molecule has 0 aromatic carbocycles. The van der Waals surface area contributed by atoms with E-state index < -0.39 is 0 Å². The molecule has 1 aromatic heterocycles. The fourth-order valence-corrected chi connectivity index (χ4v) is 1.24. The van der Waals surface area contributed by atoms with Crippen molar-refractivity contribution >= 4 is 23.9 Å². The Labute approximate surface area is 102 Å². The van der Waals surface area contributed by atoms with E-state index in [1.165, 1.54) is 6.34 Å². The third-order valence-corrected chi connectivity index (χ3v) is 2.70. The van der Waals surface area contributed by atoms with Gasteiger partial charge in [0.1, 0.15) is 5.82 Å². The second kappa shape index (κ2) is 5.47. The Bertz CT molecular complexity index is 413. The molecule has 6 nitrogen and oxygen atoms in total. The molecule has 1 atom stereocenters. The van der Waals surface area contributed by atoms with Crippen LogP contribution >= 0.6 is 0 Å². The maximum absolute atomic E-state index is 5.63. The van der Waals surface area contributed by atoms with Gasteiger partial charge in [-0.15, -0.1) is 0 Å². The number of aromatic nitrogens is 2. The summed E-state index contributed by atoms with van der Waals surface area (Å²) >= 11 is 0. The molecule has 0 bridgehead atoms. The summed E-state index contributed by atoms with van der Waals surface area (Å²) in [6.45, 7) is 8.25. The zero-order chi connectivity index (χ0) is 13.0. The number of nitrogen functional groups attached to an aromatic ring is 1. The molecule has 0 radical (unpaired) electrons. The highest BCUT2D eigenvalue weighted by Gasteiger charge is 2.13. The molecular formula is C11H20N6. The van der Waals surface area contributed by atoms with Crippen LogP contribution < -0.4 is 16.8 Å². The third-order valence-electron chi connectivity index (χ3n) is 2.70. The standard InChI is InChI=1S/C11H20N6/c1-6(2)8(4)15-10-7(3)9(14-5-12)16-11(13)17-10/h5-6,8H,1-4H3,(H5,12,13,14,15,16,17)/t8-/m1/s1. The smallest absolute Gasteiger partial charge is 0.224 e. The number of hydrogen-bond donors (Lipinski definition) is 3. The highest BCUT2D eigenvalue weighted by atomic mass is 15.1. The summed E-state index contributed by atoms with van der Waals surface area (Å²) < 4.78 is 0. The van der Waals surface area contributed by atoms with Gasteiger partial charge in [-0.2, -0.15) is 9.97 Å². The van der Waals surface area contributed by atoms with Gasteiger partial charge in [0, 0.05) is 11.6 Å². The van der Waals surface area contributed by atoms with Crippen LogP contribution in [0.5, 0.6) is 0 Å². The van der Waals surface area contributed by atoms with Crippen LogP contribution in [-0.2, 0) is 0 Å². The Morgan fingerprint density at radius 2 is 1.94 bits per heavy atom. The van der Waals surface area contributed by atoms with Gasteiger partial charge >= 0.3 is 0 Å². The predicted octanol–water partition coefficient (Wildman–Crippen LogP) is 1.44. The quantitative estimate of drug-likeness (QED) is 0.542. The van der Waals surface area contributed by atoms with E-state index in [2.05, 4.69) is 41.0 Å². The van der Waals surface area contributed by atoms with Crippen LogP contribution in [0.2, 0.25) is 0 Å². The number of nitrogens with zero attached hydrogens (tertiary/aromatic N) is 3. The van der Waals surface area contributed by atoms with Crippen LogP contribution in [0.3, 0.4) is 0 Å². The molecule has 5 N–H and O–H groups in total. The van der Waals surface area contributed by atoms with Crippen molar-refractivity contribution in [3.8, 4) is 0 Å². The first-order valence-corrected chi connectivity index (χ1v) is 5.60. The third kappa shape index (κ3) is 3.30. The molecule has 0 saturated carbocycles. The number of aliphatic imine (C=N–C) groups is 1. The van der Waals surface area contributed by atoms with E-state index in [9.17, 15) is 0 Å². The van der Waals surface area contributed by atoms with Crippen LogP contribution in [0, 0.1) is 12.8 Å². The lowest BCUT2D eigenvalue weighted by atomic mass is 10.1. The van der Waals surface area contributed by atoms with Gasteiger partial charge in [0.15, 0.2) is 5.82 Å². The molecule has 0 aliphatic heterocycles. The monoisotopic (exact) mass is 236 g/mol. The molecular weight excluding hydrogens is 216 g/mol. The van der Waals surface area contributed by atoms with Gasteiger partial charge in [-0.3, -0.25) is 0 Å². The lowest BCUT2D eigenvalue weighted by molar-refractivity contribution is 0.558. The highest BCUT2D eigenvalue weighted by Crippen LogP contribution is 2.24. The number of nitrogens with two attached hydrogens (primary N) is 2. The Hall–Kier alpha value is -1.85. The van der Waals surface area contributed by atoms with Gasteiger partial charge in [0.2, 0.25) is 5.95 Å². The molecule has 0 amide bonds. The topological polar surface area (TPSA) is 102 Å². The molecule has 0 aliphatic rings. The molecule has 17 heavy (non-hydrogen) atoms. The summed E-state index contributed by atoms with van der Waals surface area (Å²) in [5.74, 6) is 1.89. The van der Waals surface area contributed by atoms with E-state index in [1.807, 2.05) is 6.92 Å². The lowest BCUT2D eigenvalue weighted by Gasteiger charge is -2.19. The molecule has 1 rings (SSSR count). The molecule has 1 aromatic rings. The average molecular weight is 236 g/mol. The summed E-state index contributed by atoms with van der Waals surface area (Å²) in [5, 5.41) is 3.30. The summed E-state index contributed by atoms with van der Waals surface area (Å²) in [6.07, 6.45) is 1.20. The maximum Gasteiger partial charge on any atom is 0.224 e. The summed E-state index contributed by atoms with van der Waals surface area (Å²) in [6, 6.07) is 0.290. The summed E-state index contributed by atoms with van der Waals surface area (Å²) in [5.41, 5.74) is 11.7. The average Bonchev–Trinajstić information content (AvgIpc) is 2.24. The molecule has 94 valence electrons. The fraction of sp³-hybridized carbons (Fsp3) is 0.545. The lowest BCUT2D eigenvalue weighted by Crippen LogP contribution is -2.23. The van der Waals surface area contributed by atoms with Gasteiger partial charge in [-0.05, 0) is 19.8 Å². The first-order chi connectivity index (χ1) is 7.95. The van der Waals surface area contributed by atoms with Gasteiger partial charge in [0.25, 0.3) is 0 Å². The minimum absolute atomic E-state index is 0.189. The van der Waals surface area contributed by atoms with Crippen LogP contribution in [0.1, 0.15) is 26.3 Å². The molecule has 0 fully saturated rings. The van der Waals surface area contributed by atoms with Crippen molar-refractivity contribution in [3.63, 3.8) is 0 Å². The minimum Gasteiger partial charge on any atom is -0.390 e. The first-order valence-electron chi connectivity index (χ1n) is 5.60. The second-order valence-electron chi connectivity index (χ2n) is 4.33. The second-order valence-corrected chi connectivity index (χ2v) is 4.33. The Balaban J connectivity index is 3.07. The van der Waals surface area contributed by atoms with Gasteiger partial charge in [-0.25, -0.2) is 4.99 Å². The van der Waals surface area contributed by atoms with Crippen molar-refractivity contribution in [1.29, 1.82) is 0 Å². The zero-order valence-corrected chi connectivity index (χ0v) is 10.7.